The van der Waals surface area contributed by atoms with Crippen LogP contribution in [0.1, 0.15) is 52.4 Å². The number of carboxylic acid groups (broad SMARTS) is 2. The number of hydrogen-bond donors (Lipinski definition) is 2. The molecule has 25 heavy (non-hydrogen) atoms. The Labute approximate surface area is 144 Å². The molecule has 0 bridgehead atoms. The molecule has 1 aromatic heterocycles. The molecule has 0 aliphatic heterocycles. The summed E-state index contributed by atoms with van der Waals surface area (Å²) in [6.45, 7) is 4.02. The summed E-state index contributed by atoms with van der Waals surface area (Å²) in [6, 6.07) is 7.89. The lowest BCUT2D eigenvalue weighted by atomic mass is 9.76. The minimum Gasteiger partial charge on any atom is -0.481 e. The van der Waals surface area contributed by atoms with Gasteiger partial charge in [-0.3, -0.25) is 9.59 Å². The summed E-state index contributed by atoms with van der Waals surface area (Å²) in [7, 11) is 0. The van der Waals surface area contributed by atoms with Gasteiger partial charge in [0.15, 0.2) is 5.78 Å². The Bertz CT molecular complexity index is 874. The van der Waals surface area contributed by atoms with Crippen molar-refractivity contribution in [1.29, 1.82) is 0 Å². The zero-order valence-corrected chi connectivity index (χ0v) is 14.1. The second-order valence-corrected chi connectivity index (χ2v) is 7.19. The third-order valence-corrected chi connectivity index (χ3v) is 4.47. The first-order valence-electron chi connectivity index (χ1n) is 8.00. The molecule has 0 saturated carbocycles. The van der Waals surface area contributed by atoms with E-state index in [1.54, 1.807) is 22.8 Å². The lowest BCUT2D eigenvalue weighted by Gasteiger charge is -2.30. The minimum atomic E-state index is -1.02. The van der Waals surface area contributed by atoms with Crippen LogP contribution in [0.25, 0.3) is 5.69 Å². The molecule has 0 atom stereocenters. The van der Waals surface area contributed by atoms with E-state index in [1.807, 2.05) is 13.8 Å². The van der Waals surface area contributed by atoms with Crippen molar-refractivity contribution >= 4 is 17.7 Å². The Morgan fingerprint density at radius 3 is 2.32 bits per heavy atom. The molecule has 130 valence electrons. The fourth-order valence-electron chi connectivity index (χ4n) is 3.43. The average molecular weight is 341 g/mol. The normalized spacial score (nSPS) is 15.7. The molecule has 2 aromatic rings. The number of benzene rings is 1. The number of nitrogens with zero attached hydrogens (tertiary/aromatic N) is 1. The van der Waals surface area contributed by atoms with E-state index < -0.39 is 11.9 Å². The largest absolute Gasteiger partial charge is 0.481 e. The molecule has 6 heteroatoms. The van der Waals surface area contributed by atoms with E-state index in [9.17, 15) is 19.5 Å². The highest BCUT2D eigenvalue weighted by molar-refractivity contribution is 5.99. The number of rotatable bonds is 4. The first kappa shape index (κ1) is 17.0. The SMILES string of the molecule is CC1(C)CC(=O)c2cc(CC(=O)O)n(-c3ccc(C(=O)O)cc3)c2C1. The molecule has 3 rings (SSSR count). The Balaban J connectivity index is 2.18. The van der Waals surface area contributed by atoms with E-state index in [1.165, 1.54) is 12.1 Å². The summed E-state index contributed by atoms with van der Waals surface area (Å²) in [5, 5.41) is 18.3. The number of aromatic carboxylic acids is 1. The second-order valence-electron chi connectivity index (χ2n) is 7.19. The number of carboxylic acids is 2. The molecule has 0 fully saturated rings. The summed E-state index contributed by atoms with van der Waals surface area (Å²) < 4.78 is 1.79. The zero-order valence-electron chi connectivity index (χ0n) is 14.1. The van der Waals surface area contributed by atoms with Crippen LogP contribution in [0.3, 0.4) is 0 Å². The predicted molar refractivity (Wildman–Crippen MR) is 90.5 cm³/mol. The van der Waals surface area contributed by atoms with Crippen LogP contribution in [-0.4, -0.2) is 32.5 Å². The third-order valence-electron chi connectivity index (χ3n) is 4.47. The minimum absolute atomic E-state index is 0.0128. The van der Waals surface area contributed by atoms with E-state index >= 15 is 0 Å². The van der Waals surface area contributed by atoms with Gasteiger partial charge in [-0.1, -0.05) is 13.8 Å². The van der Waals surface area contributed by atoms with E-state index in [-0.39, 0.29) is 23.2 Å². The molecule has 6 nitrogen and oxygen atoms in total. The summed E-state index contributed by atoms with van der Waals surface area (Å²) in [6.07, 6.45) is 0.865. The van der Waals surface area contributed by atoms with Crippen molar-refractivity contribution in [2.45, 2.75) is 33.1 Å². The Morgan fingerprint density at radius 2 is 1.76 bits per heavy atom. The number of ketones is 1. The van der Waals surface area contributed by atoms with Crippen LogP contribution in [0.2, 0.25) is 0 Å². The topological polar surface area (TPSA) is 96.6 Å². The number of Topliss-reactive ketones (excluding diaryl/α,β-unsaturated/α-hetero) is 1. The first-order valence-corrected chi connectivity index (χ1v) is 8.00. The molecule has 1 aliphatic carbocycles. The van der Waals surface area contributed by atoms with Gasteiger partial charge in [-0.15, -0.1) is 0 Å². The number of fused-ring (bicyclic) bond motifs is 1. The molecule has 0 amide bonds. The maximum absolute atomic E-state index is 12.5. The van der Waals surface area contributed by atoms with Gasteiger partial charge < -0.3 is 14.8 Å². The van der Waals surface area contributed by atoms with Gasteiger partial charge in [0.05, 0.1) is 12.0 Å². The summed E-state index contributed by atoms with van der Waals surface area (Å²) in [5.74, 6) is -1.99. The van der Waals surface area contributed by atoms with E-state index in [0.717, 1.165) is 5.69 Å². The predicted octanol–water partition coefficient (Wildman–Crippen LogP) is 2.96. The molecule has 1 heterocycles. The number of carbonyl (C=O) groups excluding carboxylic acids is 1. The summed E-state index contributed by atoms with van der Waals surface area (Å²) in [5.41, 5.74) is 2.49. The highest BCUT2D eigenvalue weighted by Gasteiger charge is 2.35. The van der Waals surface area contributed by atoms with Crippen LogP contribution in [0.5, 0.6) is 0 Å². The van der Waals surface area contributed by atoms with Crippen LogP contribution in [0, 0.1) is 5.41 Å². The van der Waals surface area contributed by atoms with Crippen molar-refractivity contribution in [2.75, 3.05) is 0 Å². The highest BCUT2D eigenvalue weighted by Crippen LogP contribution is 2.37. The molecule has 0 radical (unpaired) electrons. The van der Waals surface area contributed by atoms with Gasteiger partial charge in [-0.05, 0) is 42.2 Å². The standard InChI is InChI=1S/C19H19NO5/c1-19(2)9-15-14(16(21)10-19)7-13(8-17(22)23)20(15)12-5-3-11(4-6-12)18(24)25/h3-7H,8-10H2,1-2H3,(H,22,23)(H,24,25). The summed E-state index contributed by atoms with van der Waals surface area (Å²) in [4.78, 5) is 34.8. The molecule has 1 aliphatic rings. The van der Waals surface area contributed by atoms with Gasteiger partial charge in [0.25, 0.3) is 0 Å². The van der Waals surface area contributed by atoms with Crippen LogP contribution in [0.4, 0.5) is 0 Å². The summed E-state index contributed by atoms with van der Waals surface area (Å²) >= 11 is 0. The molecule has 2 N–H and O–H groups in total. The third kappa shape index (κ3) is 3.20. The fourth-order valence-corrected chi connectivity index (χ4v) is 3.43. The van der Waals surface area contributed by atoms with Gasteiger partial charge in [0.1, 0.15) is 0 Å². The van der Waals surface area contributed by atoms with Crippen LogP contribution in [-0.2, 0) is 17.6 Å². The van der Waals surface area contributed by atoms with Crippen molar-refractivity contribution < 1.29 is 24.6 Å². The molecule has 0 saturated heterocycles. The van der Waals surface area contributed by atoms with Crippen molar-refractivity contribution in [3.63, 3.8) is 0 Å². The van der Waals surface area contributed by atoms with Crippen molar-refractivity contribution in [3.8, 4) is 5.69 Å². The van der Waals surface area contributed by atoms with Crippen LogP contribution in [0.15, 0.2) is 30.3 Å². The van der Waals surface area contributed by atoms with Crippen molar-refractivity contribution in [1.82, 2.24) is 4.57 Å². The van der Waals surface area contributed by atoms with Crippen LogP contribution >= 0.6 is 0 Å². The quantitative estimate of drug-likeness (QED) is 0.891. The van der Waals surface area contributed by atoms with Gasteiger partial charge >= 0.3 is 11.9 Å². The Morgan fingerprint density at radius 1 is 1.12 bits per heavy atom. The van der Waals surface area contributed by atoms with E-state index in [0.29, 0.717) is 29.8 Å². The molecular weight excluding hydrogens is 322 g/mol. The number of aromatic nitrogens is 1. The van der Waals surface area contributed by atoms with Crippen LogP contribution < -0.4 is 0 Å². The Kier molecular flexibility index (Phi) is 3.99. The number of hydrogen-bond acceptors (Lipinski definition) is 3. The lowest BCUT2D eigenvalue weighted by molar-refractivity contribution is -0.136. The number of carbonyl (C=O) groups is 3. The van der Waals surface area contributed by atoms with Gasteiger partial charge in [-0.25, -0.2) is 4.79 Å². The molecule has 1 aromatic carbocycles. The smallest absolute Gasteiger partial charge is 0.335 e. The monoisotopic (exact) mass is 341 g/mol. The lowest BCUT2D eigenvalue weighted by Crippen LogP contribution is -2.28. The van der Waals surface area contributed by atoms with Crippen molar-refractivity contribution in [3.05, 3.63) is 52.8 Å². The molecule has 0 unspecified atom stereocenters. The van der Waals surface area contributed by atoms with E-state index in [4.69, 9.17) is 5.11 Å². The van der Waals surface area contributed by atoms with Gasteiger partial charge in [0, 0.05) is 29.1 Å². The van der Waals surface area contributed by atoms with E-state index in [2.05, 4.69) is 0 Å². The second kappa shape index (κ2) is 5.88. The van der Waals surface area contributed by atoms with Crippen molar-refractivity contribution in [2.24, 2.45) is 5.41 Å². The maximum Gasteiger partial charge on any atom is 0.335 e. The zero-order chi connectivity index (χ0) is 18.4. The first-order chi connectivity index (χ1) is 11.7. The molecular formula is C19H19NO5. The van der Waals surface area contributed by atoms with Gasteiger partial charge in [0.2, 0.25) is 0 Å². The number of aliphatic carboxylic acids is 1. The molecule has 0 spiro atoms. The van der Waals surface area contributed by atoms with Gasteiger partial charge in [-0.2, -0.15) is 0 Å². The Hall–Kier alpha value is -2.89. The highest BCUT2D eigenvalue weighted by atomic mass is 16.4. The maximum atomic E-state index is 12.5. The fraction of sp³-hybridized carbons (Fsp3) is 0.316. The average Bonchev–Trinajstić information content (AvgIpc) is 2.83.